The van der Waals surface area contributed by atoms with Crippen molar-refractivity contribution < 1.29 is 9.84 Å². The summed E-state index contributed by atoms with van der Waals surface area (Å²) in [4.78, 5) is 5.45. The molecule has 1 heterocycles. The molecule has 0 radical (unpaired) electrons. The summed E-state index contributed by atoms with van der Waals surface area (Å²) in [6.07, 6.45) is 0.330. The van der Waals surface area contributed by atoms with Gasteiger partial charge >= 0.3 is 0 Å². The van der Waals surface area contributed by atoms with Gasteiger partial charge in [0.25, 0.3) is 0 Å². The highest BCUT2D eigenvalue weighted by Gasteiger charge is 2.12. The van der Waals surface area contributed by atoms with Crippen LogP contribution in [0.5, 0.6) is 5.75 Å². The number of ether oxygens (including phenoxy) is 1. The predicted octanol–water partition coefficient (Wildman–Crippen LogP) is 3.10. The lowest BCUT2D eigenvalue weighted by atomic mass is 10.1. The highest BCUT2D eigenvalue weighted by Crippen LogP contribution is 2.26. The van der Waals surface area contributed by atoms with Crippen LogP contribution in [0.4, 0.5) is 0 Å². The minimum Gasteiger partial charge on any atom is -0.497 e. The first-order valence-electron chi connectivity index (χ1n) is 5.87. The Balaban J connectivity index is 2.20. The fourth-order valence-corrected chi connectivity index (χ4v) is 2.93. The molecule has 1 aromatic heterocycles. The first kappa shape index (κ1) is 13.1. The topological polar surface area (TPSA) is 42.4 Å². The Labute approximate surface area is 111 Å². The summed E-state index contributed by atoms with van der Waals surface area (Å²) in [7, 11) is 1.66. The third kappa shape index (κ3) is 2.89. The van der Waals surface area contributed by atoms with Crippen molar-refractivity contribution in [2.45, 2.75) is 26.4 Å². The summed E-state index contributed by atoms with van der Waals surface area (Å²) in [5.74, 6) is 0.858. The van der Waals surface area contributed by atoms with Crippen LogP contribution >= 0.6 is 11.3 Å². The second-order valence-electron chi connectivity index (χ2n) is 4.26. The maximum Gasteiger partial charge on any atom is 0.119 e. The van der Waals surface area contributed by atoms with Crippen LogP contribution in [0.3, 0.4) is 0 Å². The molecule has 1 atom stereocenters. The molecule has 0 fully saturated rings. The average Bonchev–Trinajstić information content (AvgIpc) is 2.70. The van der Waals surface area contributed by atoms with Crippen LogP contribution in [-0.2, 0) is 6.42 Å². The number of benzene rings is 1. The largest absolute Gasteiger partial charge is 0.497 e. The molecule has 0 saturated heterocycles. The lowest BCUT2D eigenvalue weighted by molar-refractivity contribution is 0.202. The van der Waals surface area contributed by atoms with Crippen LogP contribution < -0.4 is 4.74 Å². The summed E-state index contributed by atoms with van der Waals surface area (Å²) in [6.45, 7) is 3.71. The molecular formula is C14H17NO2S. The molecule has 0 amide bonds. The first-order valence-corrected chi connectivity index (χ1v) is 6.69. The van der Waals surface area contributed by atoms with Crippen molar-refractivity contribution in [3.63, 3.8) is 0 Å². The van der Waals surface area contributed by atoms with E-state index >= 15 is 0 Å². The monoisotopic (exact) mass is 263 g/mol. The second-order valence-corrected chi connectivity index (χ2v) is 5.38. The van der Waals surface area contributed by atoms with Crippen LogP contribution in [0.15, 0.2) is 24.3 Å². The predicted molar refractivity (Wildman–Crippen MR) is 73.3 cm³/mol. The van der Waals surface area contributed by atoms with Crippen molar-refractivity contribution in [2.24, 2.45) is 0 Å². The van der Waals surface area contributed by atoms with Gasteiger partial charge in [-0.05, 0) is 31.5 Å². The zero-order valence-corrected chi connectivity index (χ0v) is 11.6. The number of methoxy groups -OCH3 is 1. The van der Waals surface area contributed by atoms with Gasteiger partial charge in [0.15, 0.2) is 0 Å². The zero-order chi connectivity index (χ0) is 13.1. The SMILES string of the molecule is COc1cccc(Cc2nc(C)c(C(C)O)s2)c1. The Morgan fingerprint density at radius 3 is 2.83 bits per heavy atom. The van der Waals surface area contributed by atoms with Crippen LogP contribution in [0, 0.1) is 6.92 Å². The first-order chi connectivity index (χ1) is 8.60. The molecule has 18 heavy (non-hydrogen) atoms. The summed E-state index contributed by atoms with van der Waals surface area (Å²) < 4.78 is 5.20. The number of rotatable bonds is 4. The van der Waals surface area contributed by atoms with Crippen LogP contribution in [-0.4, -0.2) is 17.2 Å². The molecule has 0 bridgehead atoms. The molecule has 3 nitrogen and oxygen atoms in total. The molecule has 4 heteroatoms. The van der Waals surface area contributed by atoms with E-state index < -0.39 is 6.10 Å². The van der Waals surface area contributed by atoms with Crippen molar-refractivity contribution in [2.75, 3.05) is 7.11 Å². The maximum atomic E-state index is 9.62. The lowest BCUT2D eigenvalue weighted by Crippen LogP contribution is -1.89. The third-order valence-corrected chi connectivity index (χ3v) is 4.07. The molecule has 96 valence electrons. The molecule has 1 aromatic carbocycles. The minimum absolute atomic E-state index is 0.443. The number of hydrogen-bond acceptors (Lipinski definition) is 4. The quantitative estimate of drug-likeness (QED) is 0.921. The standard InChI is InChI=1S/C14H17NO2S/c1-9-14(10(2)16)18-13(15-9)8-11-5-4-6-12(7-11)17-3/h4-7,10,16H,8H2,1-3H3. The third-order valence-electron chi connectivity index (χ3n) is 2.75. The molecular weight excluding hydrogens is 246 g/mol. The summed E-state index contributed by atoms with van der Waals surface area (Å²) in [5.41, 5.74) is 2.09. The highest BCUT2D eigenvalue weighted by atomic mass is 32.1. The van der Waals surface area contributed by atoms with E-state index in [1.165, 1.54) is 5.56 Å². The average molecular weight is 263 g/mol. The molecule has 1 unspecified atom stereocenters. The van der Waals surface area contributed by atoms with Crippen molar-refractivity contribution in [1.29, 1.82) is 0 Å². The van der Waals surface area contributed by atoms with E-state index in [2.05, 4.69) is 11.1 Å². The van der Waals surface area contributed by atoms with E-state index in [4.69, 9.17) is 4.74 Å². The molecule has 0 aliphatic heterocycles. The van der Waals surface area contributed by atoms with E-state index in [0.29, 0.717) is 0 Å². The summed E-state index contributed by atoms with van der Waals surface area (Å²) in [5, 5.41) is 10.6. The number of nitrogens with zero attached hydrogens (tertiary/aromatic N) is 1. The Morgan fingerprint density at radius 2 is 2.22 bits per heavy atom. The van der Waals surface area contributed by atoms with E-state index in [9.17, 15) is 5.11 Å². The molecule has 0 spiro atoms. The molecule has 0 aliphatic rings. The number of aryl methyl sites for hydroxylation is 1. The molecule has 0 saturated carbocycles. The number of thiazole rings is 1. The Bertz CT molecular complexity index is 534. The van der Waals surface area contributed by atoms with E-state index in [1.807, 2.05) is 25.1 Å². The fraction of sp³-hybridized carbons (Fsp3) is 0.357. The molecule has 1 N–H and O–H groups in total. The van der Waals surface area contributed by atoms with Crippen molar-refractivity contribution in [1.82, 2.24) is 4.98 Å². The van der Waals surface area contributed by atoms with Gasteiger partial charge in [-0.15, -0.1) is 11.3 Å². The van der Waals surface area contributed by atoms with Gasteiger partial charge in [-0.1, -0.05) is 12.1 Å². The Kier molecular flexibility index (Phi) is 3.99. The minimum atomic E-state index is -0.443. The Morgan fingerprint density at radius 1 is 1.44 bits per heavy atom. The summed E-state index contributed by atoms with van der Waals surface area (Å²) in [6, 6.07) is 7.97. The lowest BCUT2D eigenvalue weighted by Gasteiger charge is -2.02. The summed E-state index contributed by atoms with van der Waals surface area (Å²) >= 11 is 1.57. The van der Waals surface area contributed by atoms with Gasteiger partial charge in [0.2, 0.25) is 0 Å². The number of hydrogen-bond donors (Lipinski definition) is 1. The van der Waals surface area contributed by atoms with Gasteiger partial charge in [-0.25, -0.2) is 4.98 Å². The van der Waals surface area contributed by atoms with E-state index in [0.717, 1.165) is 27.7 Å². The molecule has 2 rings (SSSR count). The van der Waals surface area contributed by atoms with E-state index in [-0.39, 0.29) is 0 Å². The number of aliphatic hydroxyl groups excluding tert-OH is 1. The van der Waals surface area contributed by atoms with E-state index in [1.54, 1.807) is 25.4 Å². The van der Waals surface area contributed by atoms with Gasteiger partial charge in [0, 0.05) is 6.42 Å². The van der Waals surface area contributed by atoms with Crippen LogP contribution in [0.25, 0.3) is 0 Å². The van der Waals surface area contributed by atoms with Crippen molar-refractivity contribution in [3.05, 3.63) is 45.4 Å². The molecule has 0 aliphatic carbocycles. The zero-order valence-electron chi connectivity index (χ0n) is 10.8. The van der Waals surface area contributed by atoms with Crippen molar-refractivity contribution in [3.8, 4) is 5.75 Å². The van der Waals surface area contributed by atoms with Gasteiger partial charge in [0.05, 0.1) is 28.8 Å². The Hall–Kier alpha value is -1.39. The molecule has 2 aromatic rings. The van der Waals surface area contributed by atoms with Gasteiger partial charge in [-0.2, -0.15) is 0 Å². The van der Waals surface area contributed by atoms with Crippen LogP contribution in [0.2, 0.25) is 0 Å². The highest BCUT2D eigenvalue weighted by molar-refractivity contribution is 7.11. The van der Waals surface area contributed by atoms with Crippen LogP contribution in [0.1, 0.15) is 34.2 Å². The van der Waals surface area contributed by atoms with Gasteiger partial charge in [0.1, 0.15) is 5.75 Å². The van der Waals surface area contributed by atoms with Crippen molar-refractivity contribution >= 4 is 11.3 Å². The maximum absolute atomic E-state index is 9.62. The normalized spacial score (nSPS) is 12.4. The fourth-order valence-electron chi connectivity index (χ4n) is 1.89. The number of aromatic nitrogens is 1. The number of aliphatic hydroxyl groups is 1. The second kappa shape index (κ2) is 5.50. The van der Waals surface area contributed by atoms with Gasteiger partial charge < -0.3 is 9.84 Å². The van der Waals surface area contributed by atoms with Gasteiger partial charge in [-0.3, -0.25) is 0 Å². The smallest absolute Gasteiger partial charge is 0.119 e.